The van der Waals surface area contributed by atoms with Gasteiger partial charge >= 0.3 is 0 Å². The van der Waals surface area contributed by atoms with Crippen molar-refractivity contribution in [2.24, 2.45) is 0 Å². The van der Waals surface area contributed by atoms with Crippen LogP contribution in [0.5, 0.6) is 0 Å². The molecule has 1 aromatic heterocycles. The van der Waals surface area contributed by atoms with Crippen molar-refractivity contribution in [3.8, 4) is 0 Å². The van der Waals surface area contributed by atoms with Crippen molar-refractivity contribution in [1.82, 2.24) is 4.98 Å². The van der Waals surface area contributed by atoms with Gasteiger partial charge in [-0.3, -0.25) is 0 Å². The number of hydrogen-bond donors (Lipinski definition) is 0. The third-order valence-electron chi connectivity index (χ3n) is 3.35. The van der Waals surface area contributed by atoms with Gasteiger partial charge in [0.25, 0.3) is 0 Å². The summed E-state index contributed by atoms with van der Waals surface area (Å²) in [6, 6.07) is 6.58. The molecule has 1 aliphatic heterocycles. The summed E-state index contributed by atoms with van der Waals surface area (Å²) in [6.07, 6.45) is 2.63. The lowest BCUT2D eigenvalue weighted by Gasteiger charge is -2.17. The van der Waals surface area contributed by atoms with E-state index in [0.29, 0.717) is 5.92 Å². The van der Waals surface area contributed by atoms with Crippen LogP contribution in [0.2, 0.25) is 0 Å². The Bertz CT molecular complexity index is 524. The molecule has 0 aliphatic carbocycles. The largest absolute Gasteiger partial charge is 0.370 e. The number of thiazole rings is 1. The van der Waals surface area contributed by atoms with Crippen LogP contribution in [-0.2, 0) is 0 Å². The normalized spacial score (nSPS) is 16.3. The van der Waals surface area contributed by atoms with Crippen LogP contribution in [0.4, 0.5) is 5.69 Å². The van der Waals surface area contributed by atoms with Gasteiger partial charge in [0, 0.05) is 19.0 Å². The van der Waals surface area contributed by atoms with E-state index >= 15 is 0 Å². The van der Waals surface area contributed by atoms with Gasteiger partial charge in [0.15, 0.2) is 0 Å². The quantitative estimate of drug-likeness (QED) is 0.795. The highest BCUT2D eigenvalue weighted by atomic mass is 32.1. The fourth-order valence-corrected chi connectivity index (χ4v) is 3.40. The van der Waals surface area contributed by atoms with Gasteiger partial charge in [-0.1, -0.05) is 19.9 Å². The third-order valence-corrected chi connectivity index (χ3v) is 4.68. The Kier molecular flexibility index (Phi) is 2.79. The molecule has 2 nitrogen and oxygen atoms in total. The summed E-state index contributed by atoms with van der Waals surface area (Å²) in [6.45, 7) is 6.81. The van der Waals surface area contributed by atoms with Crippen LogP contribution in [0, 0.1) is 0 Å². The first kappa shape index (κ1) is 11.0. The van der Waals surface area contributed by atoms with E-state index in [2.05, 4.69) is 36.9 Å². The Morgan fingerprint density at radius 2 is 2.00 bits per heavy atom. The summed E-state index contributed by atoms with van der Waals surface area (Å²) in [4.78, 5) is 7.31. The second kappa shape index (κ2) is 4.30. The van der Waals surface area contributed by atoms with E-state index in [4.69, 9.17) is 4.98 Å². The Balaban J connectivity index is 2.11. The molecular weight excluding hydrogens is 228 g/mol. The topological polar surface area (TPSA) is 16.1 Å². The van der Waals surface area contributed by atoms with Crippen LogP contribution in [0.25, 0.3) is 10.2 Å². The molecule has 0 N–H and O–H groups in total. The molecule has 0 atom stereocenters. The second-order valence-corrected chi connectivity index (χ2v) is 6.09. The van der Waals surface area contributed by atoms with Crippen LogP contribution >= 0.6 is 11.3 Å². The number of hydrogen-bond acceptors (Lipinski definition) is 3. The van der Waals surface area contributed by atoms with Crippen LogP contribution < -0.4 is 4.90 Å². The molecule has 0 radical (unpaired) electrons. The molecule has 0 amide bonds. The zero-order valence-electron chi connectivity index (χ0n) is 10.4. The third kappa shape index (κ3) is 1.93. The monoisotopic (exact) mass is 246 g/mol. The molecule has 0 saturated carbocycles. The zero-order chi connectivity index (χ0) is 11.8. The maximum Gasteiger partial charge on any atom is 0.105 e. The first-order valence-electron chi connectivity index (χ1n) is 6.40. The molecule has 1 saturated heterocycles. The van der Waals surface area contributed by atoms with Gasteiger partial charge in [0.05, 0.1) is 15.4 Å². The van der Waals surface area contributed by atoms with Crippen molar-refractivity contribution in [2.75, 3.05) is 18.0 Å². The Morgan fingerprint density at radius 3 is 2.71 bits per heavy atom. The minimum Gasteiger partial charge on any atom is -0.370 e. The summed E-state index contributed by atoms with van der Waals surface area (Å²) in [5.41, 5.74) is 2.55. The van der Waals surface area contributed by atoms with Crippen molar-refractivity contribution in [3.63, 3.8) is 0 Å². The van der Waals surface area contributed by atoms with E-state index < -0.39 is 0 Å². The average Bonchev–Trinajstić information content (AvgIpc) is 2.97. The van der Waals surface area contributed by atoms with Gasteiger partial charge in [0.2, 0.25) is 0 Å². The lowest BCUT2D eigenvalue weighted by atomic mass is 10.2. The molecule has 3 rings (SSSR count). The van der Waals surface area contributed by atoms with E-state index in [0.717, 1.165) is 0 Å². The lowest BCUT2D eigenvalue weighted by molar-refractivity contribution is 0.856. The van der Waals surface area contributed by atoms with Gasteiger partial charge in [-0.2, -0.15) is 0 Å². The number of rotatable bonds is 2. The first-order chi connectivity index (χ1) is 8.25. The molecule has 3 heteroatoms. The van der Waals surface area contributed by atoms with Crippen molar-refractivity contribution < 1.29 is 0 Å². The van der Waals surface area contributed by atoms with E-state index in [1.165, 1.54) is 46.8 Å². The van der Waals surface area contributed by atoms with Crippen LogP contribution in [-0.4, -0.2) is 18.1 Å². The molecule has 2 aromatic rings. The molecule has 0 spiro atoms. The fraction of sp³-hybridized carbons (Fsp3) is 0.500. The number of benzene rings is 1. The predicted octanol–water partition coefficient (Wildman–Crippen LogP) is 4.02. The summed E-state index contributed by atoms with van der Waals surface area (Å²) in [5, 5.41) is 1.26. The number of nitrogens with zero attached hydrogens (tertiary/aromatic N) is 2. The highest BCUT2D eigenvalue weighted by Crippen LogP contribution is 2.34. The summed E-state index contributed by atoms with van der Waals surface area (Å²) < 4.78 is 1.33. The highest BCUT2D eigenvalue weighted by Gasteiger charge is 2.17. The fourth-order valence-electron chi connectivity index (χ4n) is 2.41. The SMILES string of the molecule is CC(C)c1nc2c(N3CCCC3)cccc2s1. The second-order valence-electron chi connectivity index (χ2n) is 5.02. The van der Waals surface area contributed by atoms with Crippen molar-refractivity contribution >= 4 is 27.2 Å². The highest BCUT2D eigenvalue weighted by molar-refractivity contribution is 7.18. The van der Waals surface area contributed by atoms with Gasteiger partial charge in [-0.25, -0.2) is 4.98 Å². The van der Waals surface area contributed by atoms with Crippen LogP contribution in [0.15, 0.2) is 18.2 Å². The standard InChI is InChI=1S/C14H18N2S/c1-10(2)14-15-13-11(16-8-3-4-9-16)6-5-7-12(13)17-14/h5-7,10H,3-4,8-9H2,1-2H3. The van der Waals surface area contributed by atoms with Crippen LogP contribution in [0.3, 0.4) is 0 Å². The zero-order valence-corrected chi connectivity index (χ0v) is 11.3. The average molecular weight is 246 g/mol. The minimum absolute atomic E-state index is 0.527. The number of aromatic nitrogens is 1. The van der Waals surface area contributed by atoms with Crippen molar-refractivity contribution in [3.05, 3.63) is 23.2 Å². The molecule has 1 aromatic carbocycles. The van der Waals surface area contributed by atoms with E-state index in [1.807, 2.05) is 11.3 Å². The summed E-state index contributed by atoms with van der Waals surface area (Å²) >= 11 is 1.84. The molecular formula is C14H18N2S. The molecule has 1 aliphatic rings. The van der Waals surface area contributed by atoms with Crippen LogP contribution in [0.1, 0.15) is 37.6 Å². The minimum atomic E-state index is 0.527. The molecule has 90 valence electrons. The smallest absolute Gasteiger partial charge is 0.105 e. The Labute approximate surface area is 106 Å². The van der Waals surface area contributed by atoms with E-state index in [-0.39, 0.29) is 0 Å². The lowest BCUT2D eigenvalue weighted by Crippen LogP contribution is -2.17. The van der Waals surface area contributed by atoms with Gasteiger partial charge in [-0.15, -0.1) is 11.3 Å². The molecule has 0 unspecified atom stereocenters. The van der Waals surface area contributed by atoms with Gasteiger partial charge in [0.1, 0.15) is 5.52 Å². The Morgan fingerprint density at radius 1 is 1.24 bits per heavy atom. The Hall–Kier alpha value is -1.09. The molecule has 2 heterocycles. The molecule has 0 bridgehead atoms. The predicted molar refractivity (Wildman–Crippen MR) is 75.2 cm³/mol. The first-order valence-corrected chi connectivity index (χ1v) is 7.22. The van der Waals surface area contributed by atoms with Crippen molar-refractivity contribution in [1.29, 1.82) is 0 Å². The summed E-state index contributed by atoms with van der Waals surface area (Å²) in [5.74, 6) is 0.527. The van der Waals surface area contributed by atoms with E-state index in [1.54, 1.807) is 0 Å². The maximum absolute atomic E-state index is 4.83. The van der Waals surface area contributed by atoms with E-state index in [9.17, 15) is 0 Å². The number of anilines is 1. The molecule has 1 fully saturated rings. The van der Waals surface area contributed by atoms with Gasteiger partial charge in [-0.05, 0) is 25.0 Å². The van der Waals surface area contributed by atoms with Crippen molar-refractivity contribution in [2.45, 2.75) is 32.6 Å². The number of fused-ring (bicyclic) bond motifs is 1. The number of para-hydroxylation sites is 1. The summed E-state index contributed by atoms with van der Waals surface area (Å²) in [7, 11) is 0. The maximum atomic E-state index is 4.83. The van der Waals surface area contributed by atoms with Gasteiger partial charge < -0.3 is 4.90 Å². The molecule has 17 heavy (non-hydrogen) atoms.